The summed E-state index contributed by atoms with van der Waals surface area (Å²) in [6.07, 6.45) is 4.18. The minimum atomic E-state index is 0.800. The molecule has 0 aromatic rings. The summed E-state index contributed by atoms with van der Waals surface area (Å²) in [5, 5.41) is 0. The molecule has 0 aromatic heterocycles. The summed E-state index contributed by atoms with van der Waals surface area (Å²) in [7, 11) is 0. The van der Waals surface area contributed by atoms with Crippen molar-refractivity contribution in [1.82, 2.24) is 0 Å². The Morgan fingerprint density at radius 2 is 2.00 bits per heavy atom. The highest BCUT2D eigenvalue weighted by Gasteiger charge is 2.29. The molecule has 0 unspecified atom stereocenters. The highest BCUT2D eigenvalue weighted by Crippen LogP contribution is 2.37. The van der Waals surface area contributed by atoms with Crippen molar-refractivity contribution in [3.8, 4) is 0 Å². The fraction of sp³-hybridized carbons (Fsp3) is 1.00. The van der Waals surface area contributed by atoms with Crippen molar-refractivity contribution >= 4 is 0 Å². The minimum Gasteiger partial charge on any atom is -0.330 e. The van der Waals surface area contributed by atoms with Crippen molar-refractivity contribution in [2.45, 2.75) is 40.0 Å². The third-order valence-corrected chi connectivity index (χ3v) is 3.46. The Kier molecular flexibility index (Phi) is 3.57. The van der Waals surface area contributed by atoms with Gasteiger partial charge in [-0.3, -0.25) is 0 Å². The molecule has 0 aromatic carbocycles. The van der Waals surface area contributed by atoms with Gasteiger partial charge in [0.25, 0.3) is 0 Å². The highest BCUT2D eigenvalue weighted by molar-refractivity contribution is 4.80. The van der Waals surface area contributed by atoms with Crippen LogP contribution >= 0.6 is 0 Å². The zero-order valence-electron chi connectivity index (χ0n) is 8.72. The third-order valence-electron chi connectivity index (χ3n) is 3.46. The van der Waals surface area contributed by atoms with Crippen LogP contribution in [0.25, 0.3) is 0 Å². The van der Waals surface area contributed by atoms with E-state index in [0.29, 0.717) is 0 Å². The lowest BCUT2D eigenvalue weighted by molar-refractivity contribution is 0.150. The normalized spacial score (nSPS) is 37.2. The maximum atomic E-state index is 5.79. The first-order valence-electron chi connectivity index (χ1n) is 5.35. The van der Waals surface area contributed by atoms with E-state index in [-0.39, 0.29) is 0 Å². The topological polar surface area (TPSA) is 26.0 Å². The van der Waals surface area contributed by atoms with E-state index in [1.54, 1.807) is 0 Å². The monoisotopic (exact) mass is 169 g/mol. The third kappa shape index (κ3) is 2.22. The van der Waals surface area contributed by atoms with Crippen LogP contribution in [0.2, 0.25) is 0 Å². The molecule has 12 heavy (non-hydrogen) atoms. The van der Waals surface area contributed by atoms with Crippen LogP contribution in [0.4, 0.5) is 0 Å². The van der Waals surface area contributed by atoms with E-state index in [0.717, 1.165) is 30.2 Å². The van der Waals surface area contributed by atoms with E-state index in [4.69, 9.17) is 5.73 Å². The zero-order chi connectivity index (χ0) is 9.14. The van der Waals surface area contributed by atoms with Gasteiger partial charge in [0.05, 0.1) is 0 Å². The molecule has 0 saturated heterocycles. The standard InChI is InChI=1S/C11H23N/c1-8(2)11-5-4-9(3)6-10(11)7-12/h8-11H,4-7,12H2,1-3H3/t9-,10+,11+/m0/s1. The summed E-state index contributed by atoms with van der Waals surface area (Å²) in [4.78, 5) is 0. The lowest BCUT2D eigenvalue weighted by Gasteiger charge is -2.36. The minimum absolute atomic E-state index is 0.800. The number of hydrogen-bond acceptors (Lipinski definition) is 1. The molecule has 1 aliphatic carbocycles. The molecule has 1 heteroatoms. The van der Waals surface area contributed by atoms with Gasteiger partial charge in [0, 0.05) is 0 Å². The molecule has 1 nitrogen and oxygen atoms in total. The fourth-order valence-corrected chi connectivity index (χ4v) is 2.67. The molecule has 1 aliphatic rings. The molecule has 0 bridgehead atoms. The van der Waals surface area contributed by atoms with Gasteiger partial charge in [-0.1, -0.05) is 27.2 Å². The molecule has 3 atom stereocenters. The van der Waals surface area contributed by atoms with E-state index in [9.17, 15) is 0 Å². The van der Waals surface area contributed by atoms with Crippen LogP contribution in [0.3, 0.4) is 0 Å². The van der Waals surface area contributed by atoms with E-state index >= 15 is 0 Å². The van der Waals surface area contributed by atoms with Gasteiger partial charge in [-0.15, -0.1) is 0 Å². The predicted octanol–water partition coefficient (Wildman–Crippen LogP) is 2.65. The second-order valence-electron chi connectivity index (χ2n) is 4.82. The molecule has 2 N–H and O–H groups in total. The molecule has 1 saturated carbocycles. The van der Waals surface area contributed by atoms with E-state index in [1.165, 1.54) is 19.3 Å². The molecular weight excluding hydrogens is 146 g/mol. The van der Waals surface area contributed by atoms with Gasteiger partial charge in [-0.25, -0.2) is 0 Å². The summed E-state index contributed by atoms with van der Waals surface area (Å²) in [5.41, 5.74) is 5.79. The molecule has 0 aliphatic heterocycles. The van der Waals surface area contributed by atoms with Crippen molar-refractivity contribution in [2.75, 3.05) is 6.54 Å². The zero-order valence-corrected chi connectivity index (χ0v) is 8.72. The Balaban J connectivity index is 2.50. The average molecular weight is 169 g/mol. The van der Waals surface area contributed by atoms with Crippen molar-refractivity contribution in [3.05, 3.63) is 0 Å². The number of hydrogen-bond donors (Lipinski definition) is 1. The Morgan fingerprint density at radius 3 is 2.50 bits per heavy atom. The van der Waals surface area contributed by atoms with Crippen LogP contribution in [-0.2, 0) is 0 Å². The first-order chi connectivity index (χ1) is 5.65. The molecule has 0 amide bonds. The highest BCUT2D eigenvalue weighted by atomic mass is 14.6. The molecule has 0 radical (unpaired) electrons. The predicted molar refractivity (Wildman–Crippen MR) is 53.9 cm³/mol. The van der Waals surface area contributed by atoms with Gasteiger partial charge >= 0.3 is 0 Å². The Labute approximate surface area is 76.7 Å². The maximum Gasteiger partial charge on any atom is -0.00460 e. The lowest BCUT2D eigenvalue weighted by Crippen LogP contribution is -2.32. The Morgan fingerprint density at radius 1 is 1.33 bits per heavy atom. The van der Waals surface area contributed by atoms with Crippen molar-refractivity contribution in [2.24, 2.45) is 29.4 Å². The lowest BCUT2D eigenvalue weighted by atomic mass is 9.70. The quantitative estimate of drug-likeness (QED) is 0.675. The molecular formula is C11H23N. The Bertz CT molecular complexity index is 131. The van der Waals surface area contributed by atoms with Crippen LogP contribution in [0.1, 0.15) is 40.0 Å². The molecule has 0 spiro atoms. The first kappa shape index (κ1) is 10.0. The van der Waals surface area contributed by atoms with Gasteiger partial charge in [0.1, 0.15) is 0 Å². The van der Waals surface area contributed by atoms with E-state index in [2.05, 4.69) is 20.8 Å². The van der Waals surface area contributed by atoms with E-state index < -0.39 is 0 Å². The smallest absolute Gasteiger partial charge is 0.00460 e. The van der Waals surface area contributed by atoms with Crippen molar-refractivity contribution in [3.63, 3.8) is 0 Å². The molecule has 1 fully saturated rings. The summed E-state index contributed by atoms with van der Waals surface area (Å²) < 4.78 is 0. The van der Waals surface area contributed by atoms with Gasteiger partial charge in [-0.2, -0.15) is 0 Å². The van der Waals surface area contributed by atoms with Crippen LogP contribution in [-0.4, -0.2) is 6.54 Å². The van der Waals surface area contributed by atoms with Crippen LogP contribution in [0, 0.1) is 23.7 Å². The van der Waals surface area contributed by atoms with Gasteiger partial charge < -0.3 is 5.73 Å². The number of rotatable bonds is 2. The molecule has 0 heterocycles. The van der Waals surface area contributed by atoms with Crippen LogP contribution in [0.15, 0.2) is 0 Å². The van der Waals surface area contributed by atoms with Crippen LogP contribution in [0.5, 0.6) is 0 Å². The maximum absolute atomic E-state index is 5.79. The Hall–Kier alpha value is -0.0400. The summed E-state index contributed by atoms with van der Waals surface area (Å²) in [6.45, 7) is 7.93. The fourth-order valence-electron chi connectivity index (χ4n) is 2.67. The van der Waals surface area contributed by atoms with E-state index in [1.807, 2.05) is 0 Å². The second-order valence-corrected chi connectivity index (χ2v) is 4.82. The largest absolute Gasteiger partial charge is 0.330 e. The summed E-state index contributed by atoms with van der Waals surface area (Å²) in [6, 6.07) is 0. The SMILES string of the molecule is CC(C)[C@H]1CC[C@H](C)C[C@@H]1CN. The summed E-state index contributed by atoms with van der Waals surface area (Å²) >= 11 is 0. The summed E-state index contributed by atoms with van der Waals surface area (Å²) in [5.74, 6) is 3.43. The second kappa shape index (κ2) is 4.27. The average Bonchev–Trinajstić information content (AvgIpc) is 2.03. The van der Waals surface area contributed by atoms with Gasteiger partial charge in [0.2, 0.25) is 0 Å². The first-order valence-corrected chi connectivity index (χ1v) is 5.35. The van der Waals surface area contributed by atoms with Gasteiger partial charge in [-0.05, 0) is 43.1 Å². The molecule has 1 rings (SSSR count). The van der Waals surface area contributed by atoms with Gasteiger partial charge in [0.15, 0.2) is 0 Å². The van der Waals surface area contributed by atoms with Crippen molar-refractivity contribution < 1.29 is 0 Å². The number of nitrogens with two attached hydrogens (primary N) is 1. The van der Waals surface area contributed by atoms with Crippen LogP contribution < -0.4 is 5.73 Å². The van der Waals surface area contributed by atoms with Crippen molar-refractivity contribution in [1.29, 1.82) is 0 Å². The molecule has 72 valence electrons.